The Kier molecular flexibility index (Phi) is 4.52. The second-order valence-corrected chi connectivity index (χ2v) is 5.59. The average Bonchev–Trinajstić information content (AvgIpc) is 2.33. The Labute approximate surface area is 117 Å². The molecule has 19 heavy (non-hydrogen) atoms. The third-order valence-electron chi connectivity index (χ3n) is 3.30. The first-order valence-corrected chi connectivity index (χ1v) is 6.85. The first kappa shape index (κ1) is 14.4. The van der Waals surface area contributed by atoms with Crippen molar-refractivity contribution in [1.29, 1.82) is 0 Å². The summed E-state index contributed by atoms with van der Waals surface area (Å²) in [7, 11) is 0. The zero-order valence-corrected chi connectivity index (χ0v) is 12.2. The first-order chi connectivity index (χ1) is 8.95. The molecule has 0 radical (unpaired) electrons. The van der Waals surface area contributed by atoms with Gasteiger partial charge in [0.1, 0.15) is 6.17 Å². The fraction of sp³-hybridized carbons (Fsp3) is 0.750. The Balaban J connectivity index is 2.03. The molecule has 7 heteroatoms. The van der Waals surface area contributed by atoms with Gasteiger partial charge in [-0.25, -0.2) is 9.37 Å². The van der Waals surface area contributed by atoms with E-state index in [2.05, 4.69) is 39.2 Å². The second kappa shape index (κ2) is 5.96. The van der Waals surface area contributed by atoms with Crippen LogP contribution >= 0.6 is 11.6 Å². The molecule has 2 heterocycles. The molecular formula is C12H19ClFN5. The van der Waals surface area contributed by atoms with Crippen molar-refractivity contribution < 1.29 is 4.39 Å². The van der Waals surface area contributed by atoms with Gasteiger partial charge in [-0.1, -0.05) is 11.6 Å². The quantitative estimate of drug-likeness (QED) is 0.922. The summed E-state index contributed by atoms with van der Waals surface area (Å²) in [6.45, 7) is 7.18. The average molecular weight is 288 g/mol. The number of aryl methyl sites for hydroxylation is 1. The highest BCUT2D eigenvalue weighted by molar-refractivity contribution is 6.29. The van der Waals surface area contributed by atoms with E-state index in [1.165, 1.54) is 0 Å². The summed E-state index contributed by atoms with van der Waals surface area (Å²) in [6.07, 6.45) is -0.358. The maximum atomic E-state index is 13.7. The van der Waals surface area contributed by atoms with Crippen molar-refractivity contribution in [3.05, 3.63) is 10.8 Å². The number of nitrogens with one attached hydrogen (secondary N) is 1. The maximum Gasteiger partial charge on any atom is 0.243 e. The number of piperidine rings is 1. The van der Waals surface area contributed by atoms with E-state index in [4.69, 9.17) is 11.6 Å². The van der Waals surface area contributed by atoms with Gasteiger partial charge in [0.15, 0.2) is 5.15 Å². The summed E-state index contributed by atoms with van der Waals surface area (Å²) in [5.74, 6) is 0.407. The zero-order valence-electron chi connectivity index (χ0n) is 11.4. The van der Waals surface area contributed by atoms with E-state index < -0.39 is 6.17 Å². The third kappa shape index (κ3) is 3.73. The fourth-order valence-electron chi connectivity index (χ4n) is 2.23. The predicted octanol–water partition coefficient (Wildman–Crippen LogP) is 2.07. The molecule has 0 amide bonds. The van der Waals surface area contributed by atoms with E-state index in [0.29, 0.717) is 35.8 Å². The molecule has 2 atom stereocenters. The SMILES string of the molecule is Cc1nc(N[C@@H]2C[C@@H](F)CN(C(C)C)C2)nnc1Cl. The molecule has 106 valence electrons. The van der Waals surface area contributed by atoms with Crippen molar-refractivity contribution in [2.75, 3.05) is 18.4 Å². The minimum absolute atomic E-state index is 0.00599. The number of nitrogens with zero attached hydrogens (tertiary/aromatic N) is 4. The first-order valence-electron chi connectivity index (χ1n) is 6.47. The molecule has 0 spiro atoms. The largest absolute Gasteiger partial charge is 0.349 e. The topological polar surface area (TPSA) is 53.9 Å². The summed E-state index contributed by atoms with van der Waals surface area (Å²) in [6, 6.07) is 0.322. The number of rotatable bonds is 3. The van der Waals surface area contributed by atoms with Crippen LogP contribution in [0.1, 0.15) is 26.0 Å². The lowest BCUT2D eigenvalue weighted by molar-refractivity contribution is 0.103. The summed E-state index contributed by atoms with van der Waals surface area (Å²) >= 11 is 5.78. The van der Waals surface area contributed by atoms with Crippen LogP contribution in [0.15, 0.2) is 0 Å². The molecule has 0 aromatic carbocycles. The van der Waals surface area contributed by atoms with Gasteiger partial charge in [0, 0.05) is 31.6 Å². The third-order valence-corrected chi connectivity index (χ3v) is 3.65. The Morgan fingerprint density at radius 3 is 2.74 bits per heavy atom. The summed E-state index contributed by atoms with van der Waals surface area (Å²) < 4.78 is 13.7. The van der Waals surface area contributed by atoms with Gasteiger partial charge in [-0.05, 0) is 20.8 Å². The molecule has 0 unspecified atom stereocenters. The van der Waals surface area contributed by atoms with E-state index in [0.717, 1.165) is 6.54 Å². The van der Waals surface area contributed by atoms with E-state index in [-0.39, 0.29) is 6.04 Å². The van der Waals surface area contributed by atoms with Crippen LogP contribution in [0.5, 0.6) is 0 Å². The maximum absolute atomic E-state index is 13.7. The number of aromatic nitrogens is 3. The van der Waals surface area contributed by atoms with Crippen molar-refractivity contribution in [3.8, 4) is 0 Å². The van der Waals surface area contributed by atoms with Crippen LogP contribution in [0, 0.1) is 6.92 Å². The van der Waals surface area contributed by atoms with Crippen LogP contribution in [0.4, 0.5) is 10.3 Å². The monoisotopic (exact) mass is 287 g/mol. The minimum Gasteiger partial charge on any atom is -0.349 e. The van der Waals surface area contributed by atoms with E-state index in [1.807, 2.05) is 0 Å². The van der Waals surface area contributed by atoms with Crippen LogP contribution < -0.4 is 5.32 Å². The van der Waals surface area contributed by atoms with Gasteiger partial charge in [0.25, 0.3) is 0 Å². The molecule has 1 aliphatic heterocycles. The molecule has 0 saturated carbocycles. The van der Waals surface area contributed by atoms with Crippen LogP contribution in [0.25, 0.3) is 0 Å². The molecule has 5 nitrogen and oxygen atoms in total. The van der Waals surface area contributed by atoms with Crippen LogP contribution in [0.2, 0.25) is 5.15 Å². The molecule has 1 aliphatic rings. The molecule has 1 saturated heterocycles. The highest BCUT2D eigenvalue weighted by Crippen LogP contribution is 2.19. The highest BCUT2D eigenvalue weighted by atomic mass is 35.5. The smallest absolute Gasteiger partial charge is 0.243 e. The van der Waals surface area contributed by atoms with Gasteiger partial charge in [-0.2, -0.15) is 0 Å². The Morgan fingerprint density at radius 2 is 2.11 bits per heavy atom. The second-order valence-electron chi connectivity index (χ2n) is 5.23. The highest BCUT2D eigenvalue weighted by Gasteiger charge is 2.28. The van der Waals surface area contributed by atoms with Gasteiger partial charge >= 0.3 is 0 Å². The lowest BCUT2D eigenvalue weighted by Gasteiger charge is -2.37. The van der Waals surface area contributed by atoms with E-state index >= 15 is 0 Å². The molecule has 1 fully saturated rings. The Morgan fingerprint density at radius 1 is 1.37 bits per heavy atom. The minimum atomic E-state index is -0.824. The van der Waals surface area contributed by atoms with Gasteiger partial charge in [0.05, 0.1) is 5.69 Å². The molecule has 2 rings (SSSR count). The zero-order chi connectivity index (χ0) is 14.0. The van der Waals surface area contributed by atoms with Crippen molar-refractivity contribution in [3.63, 3.8) is 0 Å². The molecule has 0 aliphatic carbocycles. The van der Waals surface area contributed by atoms with Gasteiger partial charge < -0.3 is 5.32 Å². The van der Waals surface area contributed by atoms with Gasteiger partial charge in [0.2, 0.25) is 5.95 Å². The molecule has 1 N–H and O–H groups in total. The Bertz CT molecular complexity index is 442. The number of hydrogen-bond donors (Lipinski definition) is 1. The van der Waals surface area contributed by atoms with Crippen LogP contribution in [0.3, 0.4) is 0 Å². The van der Waals surface area contributed by atoms with E-state index in [9.17, 15) is 4.39 Å². The van der Waals surface area contributed by atoms with Crippen molar-refractivity contribution in [1.82, 2.24) is 20.1 Å². The van der Waals surface area contributed by atoms with Crippen molar-refractivity contribution in [2.45, 2.75) is 45.4 Å². The lowest BCUT2D eigenvalue weighted by atomic mass is 10.0. The van der Waals surface area contributed by atoms with Crippen LogP contribution in [-0.2, 0) is 0 Å². The van der Waals surface area contributed by atoms with Gasteiger partial charge in [-0.3, -0.25) is 4.90 Å². The fourth-order valence-corrected chi connectivity index (χ4v) is 2.31. The number of hydrogen-bond acceptors (Lipinski definition) is 5. The number of anilines is 1. The summed E-state index contributed by atoms with van der Waals surface area (Å²) in [5.41, 5.74) is 0.618. The molecule has 1 aromatic rings. The number of alkyl halides is 1. The lowest BCUT2D eigenvalue weighted by Crippen LogP contribution is -2.50. The number of halogens is 2. The van der Waals surface area contributed by atoms with Crippen molar-refractivity contribution >= 4 is 17.5 Å². The number of likely N-dealkylation sites (tertiary alicyclic amines) is 1. The predicted molar refractivity (Wildman–Crippen MR) is 73.2 cm³/mol. The Hall–Kier alpha value is -1.01. The molecular weight excluding hydrogens is 269 g/mol. The summed E-state index contributed by atoms with van der Waals surface area (Å²) in [4.78, 5) is 6.32. The normalized spacial score (nSPS) is 24.7. The molecule has 1 aromatic heterocycles. The van der Waals surface area contributed by atoms with Crippen molar-refractivity contribution in [2.24, 2.45) is 0 Å². The summed E-state index contributed by atoms with van der Waals surface area (Å²) in [5, 5.41) is 11.1. The van der Waals surface area contributed by atoms with E-state index in [1.54, 1.807) is 6.92 Å². The molecule has 0 bridgehead atoms. The van der Waals surface area contributed by atoms with Crippen LogP contribution in [-0.4, -0.2) is 51.4 Å². The standard InChI is InChI=1S/C12H19ClFN5/c1-7(2)19-5-9(14)4-10(6-19)16-12-15-8(3)11(13)17-18-12/h7,9-10H,4-6H2,1-3H3,(H,15,16,18)/t9-,10-/m1/s1. The van der Waals surface area contributed by atoms with Gasteiger partial charge in [-0.15, -0.1) is 10.2 Å².